The zero-order valence-corrected chi connectivity index (χ0v) is 17.2. The van der Waals surface area contributed by atoms with Crippen molar-refractivity contribution in [1.29, 1.82) is 0 Å². The molecule has 0 aliphatic carbocycles. The lowest BCUT2D eigenvalue weighted by molar-refractivity contribution is 0.0775. The van der Waals surface area contributed by atoms with Crippen LogP contribution in [0.1, 0.15) is 28.1 Å². The van der Waals surface area contributed by atoms with E-state index in [9.17, 15) is 13.2 Å². The third-order valence-corrected chi connectivity index (χ3v) is 7.51. The molecule has 8 heteroatoms. The monoisotopic (exact) mass is 408 g/mol. The number of carbonyl (C=O) groups excluding carboxylic acids is 1. The zero-order valence-electron chi connectivity index (χ0n) is 15.6. The SMILES string of the molecule is Cc1cccc(OCCN(C)C(=O)c2sccc2S(=O)(=O)N2CCCC2)c1. The van der Waals surface area contributed by atoms with Crippen LogP contribution in [0.4, 0.5) is 0 Å². The molecule has 0 unspecified atom stereocenters. The van der Waals surface area contributed by atoms with Crippen LogP contribution in [-0.2, 0) is 10.0 Å². The maximum Gasteiger partial charge on any atom is 0.265 e. The Bertz CT molecular complexity index is 902. The van der Waals surface area contributed by atoms with Gasteiger partial charge in [-0.25, -0.2) is 8.42 Å². The first kappa shape index (κ1) is 19.9. The molecular formula is C19H24N2O4S2. The molecule has 6 nitrogen and oxygen atoms in total. The van der Waals surface area contributed by atoms with Gasteiger partial charge < -0.3 is 9.64 Å². The summed E-state index contributed by atoms with van der Waals surface area (Å²) in [5.41, 5.74) is 1.10. The van der Waals surface area contributed by atoms with Crippen molar-refractivity contribution in [3.8, 4) is 5.75 Å². The third kappa shape index (κ3) is 4.51. The van der Waals surface area contributed by atoms with Crippen molar-refractivity contribution in [3.05, 3.63) is 46.2 Å². The molecule has 1 aromatic carbocycles. The van der Waals surface area contributed by atoms with E-state index < -0.39 is 10.0 Å². The number of sulfonamides is 1. The maximum absolute atomic E-state index is 12.8. The second-order valence-corrected chi connectivity index (χ2v) is 9.44. The molecule has 1 aromatic heterocycles. The molecule has 3 rings (SSSR count). The second kappa shape index (κ2) is 8.41. The van der Waals surface area contributed by atoms with Crippen molar-refractivity contribution in [2.45, 2.75) is 24.7 Å². The van der Waals surface area contributed by atoms with E-state index >= 15 is 0 Å². The number of amides is 1. The van der Waals surface area contributed by atoms with E-state index in [1.54, 1.807) is 12.4 Å². The number of thiophene rings is 1. The van der Waals surface area contributed by atoms with Crippen LogP contribution in [0.15, 0.2) is 40.6 Å². The van der Waals surface area contributed by atoms with Gasteiger partial charge in [0.1, 0.15) is 22.1 Å². The maximum atomic E-state index is 12.8. The standard InChI is InChI=1S/C19H24N2O4S2/c1-15-6-5-7-16(14-15)25-12-11-20(2)19(22)18-17(8-13-26-18)27(23,24)21-9-3-4-10-21/h5-8,13-14H,3-4,9-12H2,1-2H3. The lowest BCUT2D eigenvalue weighted by atomic mass is 10.2. The first-order valence-electron chi connectivity index (χ1n) is 8.92. The van der Waals surface area contributed by atoms with Crippen molar-refractivity contribution >= 4 is 27.3 Å². The average Bonchev–Trinajstić information content (AvgIpc) is 3.33. The highest BCUT2D eigenvalue weighted by Crippen LogP contribution is 2.28. The molecule has 1 aliphatic heterocycles. The number of rotatable bonds is 7. The summed E-state index contributed by atoms with van der Waals surface area (Å²) in [6, 6.07) is 9.24. The number of likely N-dealkylation sites (N-methyl/N-ethyl adjacent to an activating group) is 1. The van der Waals surface area contributed by atoms with E-state index in [4.69, 9.17) is 4.74 Å². The van der Waals surface area contributed by atoms with Gasteiger partial charge in [-0.2, -0.15) is 4.31 Å². The van der Waals surface area contributed by atoms with Crippen LogP contribution in [0.25, 0.3) is 0 Å². The fourth-order valence-corrected chi connectivity index (χ4v) is 5.91. The van der Waals surface area contributed by atoms with Gasteiger partial charge in [0.2, 0.25) is 10.0 Å². The van der Waals surface area contributed by atoms with Gasteiger partial charge in [0.15, 0.2) is 0 Å². The molecule has 2 heterocycles. The first-order valence-corrected chi connectivity index (χ1v) is 11.2. The van der Waals surface area contributed by atoms with Crippen LogP contribution in [0.5, 0.6) is 5.75 Å². The number of benzene rings is 1. The topological polar surface area (TPSA) is 66.9 Å². The number of ether oxygens (including phenoxy) is 1. The summed E-state index contributed by atoms with van der Waals surface area (Å²) in [6.07, 6.45) is 1.73. The van der Waals surface area contributed by atoms with Crippen LogP contribution in [-0.4, -0.2) is 56.8 Å². The Labute approximate surface area is 164 Å². The van der Waals surface area contributed by atoms with Gasteiger partial charge in [-0.15, -0.1) is 11.3 Å². The Kier molecular flexibility index (Phi) is 6.18. The molecule has 1 saturated heterocycles. The summed E-state index contributed by atoms with van der Waals surface area (Å²) in [6.45, 7) is 3.73. The minimum atomic E-state index is -3.61. The van der Waals surface area contributed by atoms with Gasteiger partial charge in [0.25, 0.3) is 5.91 Å². The molecule has 0 atom stereocenters. The van der Waals surface area contributed by atoms with Crippen LogP contribution in [0.2, 0.25) is 0 Å². The molecular weight excluding hydrogens is 384 g/mol. The van der Waals surface area contributed by atoms with Crippen LogP contribution in [0.3, 0.4) is 0 Å². The Morgan fingerprint density at radius 2 is 2.00 bits per heavy atom. The summed E-state index contributed by atoms with van der Waals surface area (Å²) in [5, 5.41) is 1.66. The quantitative estimate of drug-likeness (QED) is 0.706. The van der Waals surface area contributed by atoms with E-state index in [2.05, 4.69) is 0 Å². The van der Waals surface area contributed by atoms with Crippen molar-refractivity contribution < 1.29 is 17.9 Å². The van der Waals surface area contributed by atoms with Gasteiger partial charge in [0.05, 0.1) is 6.54 Å². The molecule has 0 radical (unpaired) electrons. The molecule has 0 spiro atoms. The summed E-state index contributed by atoms with van der Waals surface area (Å²) in [7, 11) is -1.95. The Morgan fingerprint density at radius 1 is 1.26 bits per heavy atom. The number of hydrogen-bond acceptors (Lipinski definition) is 5. The Morgan fingerprint density at radius 3 is 2.70 bits per heavy atom. The number of carbonyl (C=O) groups is 1. The molecule has 1 amide bonds. The highest BCUT2D eigenvalue weighted by Gasteiger charge is 2.32. The van der Waals surface area contributed by atoms with E-state index in [1.807, 2.05) is 31.2 Å². The molecule has 27 heavy (non-hydrogen) atoms. The largest absolute Gasteiger partial charge is 0.492 e. The first-order chi connectivity index (χ1) is 12.9. The van der Waals surface area contributed by atoms with Gasteiger partial charge in [0, 0.05) is 20.1 Å². The average molecular weight is 409 g/mol. The van der Waals surface area contributed by atoms with Gasteiger partial charge in [-0.3, -0.25) is 4.79 Å². The predicted octanol–water partition coefficient (Wildman–Crippen LogP) is 2.99. The minimum absolute atomic E-state index is 0.117. The summed E-state index contributed by atoms with van der Waals surface area (Å²) in [4.78, 5) is 14.7. The molecule has 0 bridgehead atoms. The molecule has 1 aliphatic rings. The molecule has 146 valence electrons. The van der Waals surface area contributed by atoms with Gasteiger partial charge in [-0.05, 0) is 48.9 Å². The lowest BCUT2D eigenvalue weighted by Gasteiger charge is -2.19. The normalized spacial score (nSPS) is 15.0. The highest BCUT2D eigenvalue weighted by molar-refractivity contribution is 7.89. The van der Waals surface area contributed by atoms with Crippen LogP contribution < -0.4 is 4.74 Å². The fraction of sp³-hybridized carbons (Fsp3) is 0.421. The number of hydrogen-bond donors (Lipinski definition) is 0. The predicted molar refractivity (Wildman–Crippen MR) is 106 cm³/mol. The smallest absolute Gasteiger partial charge is 0.265 e. The summed E-state index contributed by atoms with van der Waals surface area (Å²) in [5.74, 6) is 0.458. The van der Waals surface area contributed by atoms with Crippen molar-refractivity contribution in [2.24, 2.45) is 0 Å². The fourth-order valence-electron chi connectivity index (χ4n) is 3.00. The molecule has 0 N–H and O–H groups in total. The summed E-state index contributed by atoms with van der Waals surface area (Å²) >= 11 is 1.17. The Hall–Kier alpha value is -1.90. The number of nitrogens with zero attached hydrogens (tertiary/aromatic N) is 2. The Balaban J connectivity index is 1.65. The number of aryl methyl sites for hydroxylation is 1. The van der Waals surface area contributed by atoms with E-state index in [1.165, 1.54) is 26.6 Å². The van der Waals surface area contributed by atoms with E-state index in [-0.39, 0.29) is 15.7 Å². The van der Waals surface area contributed by atoms with Crippen LogP contribution in [0, 0.1) is 6.92 Å². The lowest BCUT2D eigenvalue weighted by Crippen LogP contribution is -2.33. The summed E-state index contributed by atoms with van der Waals surface area (Å²) < 4.78 is 32.8. The van der Waals surface area contributed by atoms with Crippen molar-refractivity contribution in [2.75, 3.05) is 33.3 Å². The zero-order chi connectivity index (χ0) is 19.4. The second-order valence-electron chi connectivity index (χ2n) is 6.62. The minimum Gasteiger partial charge on any atom is -0.492 e. The van der Waals surface area contributed by atoms with Gasteiger partial charge >= 0.3 is 0 Å². The van der Waals surface area contributed by atoms with Crippen molar-refractivity contribution in [3.63, 3.8) is 0 Å². The van der Waals surface area contributed by atoms with E-state index in [0.29, 0.717) is 26.2 Å². The van der Waals surface area contributed by atoms with Crippen LogP contribution >= 0.6 is 11.3 Å². The molecule has 2 aromatic rings. The van der Waals surface area contributed by atoms with Crippen molar-refractivity contribution in [1.82, 2.24) is 9.21 Å². The molecule has 0 saturated carbocycles. The van der Waals surface area contributed by atoms with Gasteiger partial charge in [-0.1, -0.05) is 12.1 Å². The third-order valence-electron chi connectivity index (χ3n) is 4.54. The highest BCUT2D eigenvalue weighted by atomic mass is 32.2. The van der Waals surface area contributed by atoms with E-state index in [0.717, 1.165) is 24.2 Å². The molecule has 1 fully saturated rings.